The molecule has 0 aliphatic carbocycles. The minimum Gasteiger partial charge on any atom is -0.461 e. The van der Waals surface area contributed by atoms with Gasteiger partial charge in [0.2, 0.25) is 5.82 Å². The number of anilines is 1. The van der Waals surface area contributed by atoms with Gasteiger partial charge in [0.25, 0.3) is 11.6 Å². The summed E-state index contributed by atoms with van der Waals surface area (Å²) in [6, 6.07) is 20.0. The number of non-ortho nitro benzene ring substituents is 1. The average molecular weight is 574 g/mol. The number of aromatic nitrogens is 4. The van der Waals surface area contributed by atoms with Crippen LogP contribution >= 0.6 is 23.1 Å². The molecule has 5 aromatic rings. The van der Waals surface area contributed by atoms with E-state index in [1.54, 1.807) is 28.7 Å². The summed E-state index contributed by atoms with van der Waals surface area (Å²) in [6.07, 6.45) is 1.61. The molecule has 6 rings (SSSR count). The SMILES string of the molecule is O=C(c1csc(CSc2nnc(-c3ccco3)n2-c2ccccc2)n1)N1CCN(c2ccc([N+](=O)[O-])cc2)CC1. The Hall–Kier alpha value is -4.49. The number of furan rings is 1. The average Bonchev–Trinajstić information content (AvgIpc) is 3.77. The number of hydrogen-bond acceptors (Lipinski definition) is 10. The molecule has 0 saturated carbocycles. The van der Waals surface area contributed by atoms with Gasteiger partial charge in [-0.2, -0.15) is 0 Å². The summed E-state index contributed by atoms with van der Waals surface area (Å²) in [7, 11) is 0. The van der Waals surface area contributed by atoms with Crippen LogP contribution in [0.2, 0.25) is 0 Å². The first-order valence-corrected chi connectivity index (χ1v) is 14.3. The second kappa shape index (κ2) is 11.3. The number of nitrogens with zero attached hydrogens (tertiary/aromatic N) is 7. The molecule has 0 radical (unpaired) electrons. The summed E-state index contributed by atoms with van der Waals surface area (Å²) in [6.45, 7) is 2.38. The van der Waals surface area contributed by atoms with Crippen molar-refractivity contribution in [3.63, 3.8) is 0 Å². The number of thioether (sulfide) groups is 1. The molecule has 1 aliphatic heterocycles. The van der Waals surface area contributed by atoms with Gasteiger partial charge in [0, 0.05) is 55.1 Å². The molecule has 2 aromatic carbocycles. The van der Waals surface area contributed by atoms with E-state index in [0.717, 1.165) is 16.4 Å². The normalized spacial score (nSPS) is 13.5. The first-order valence-electron chi connectivity index (χ1n) is 12.5. The van der Waals surface area contributed by atoms with Crippen molar-refractivity contribution in [2.24, 2.45) is 0 Å². The Morgan fingerprint density at radius 3 is 2.45 bits per heavy atom. The van der Waals surface area contributed by atoms with Gasteiger partial charge in [-0.25, -0.2) is 4.98 Å². The van der Waals surface area contributed by atoms with E-state index in [2.05, 4.69) is 20.1 Å². The van der Waals surface area contributed by atoms with Crippen molar-refractivity contribution < 1.29 is 14.1 Å². The van der Waals surface area contributed by atoms with E-state index >= 15 is 0 Å². The second-order valence-electron chi connectivity index (χ2n) is 8.92. The fourth-order valence-corrected chi connectivity index (χ4v) is 6.19. The molecule has 11 nitrogen and oxygen atoms in total. The number of carbonyl (C=O) groups excluding carboxylic acids is 1. The molecule has 1 fully saturated rings. The minimum atomic E-state index is -0.409. The van der Waals surface area contributed by atoms with Crippen LogP contribution in [-0.2, 0) is 5.75 Å². The van der Waals surface area contributed by atoms with Gasteiger partial charge < -0.3 is 14.2 Å². The topological polar surface area (TPSA) is 123 Å². The summed E-state index contributed by atoms with van der Waals surface area (Å²) in [4.78, 5) is 32.2. The smallest absolute Gasteiger partial charge is 0.273 e. The highest BCUT2D eigenvalue weighted by Gasteiger charge is 2.25. The highest BCUT2D eigenvalue weighted by molar-refractivity contribution is 7.98. The third kappa shape index (κ3) is 5.33. The molecule has 0 atom stereocenters. The Bertz CT molecular complexity index is 1610. The quantitative estimate of drug-likeness (QED) is 0.141. The maximum absolute atomic E-state index is 13.2. The molecule has 0 bridgehead atoms. The van der Waals surface area contributed by atoms with Gasteiger partial charge >= 0.3 is 0 Å². The molecule has 0 unspecified atom stereocenters. The fraction of sp³-hybridized carbons (Fsp3) is 0.185. The Balaban J connectivity index is 1.10. The second-order valence-corrected chi connectivity index (χ2v) is 10.8. The molecular formula is C27H23N7O4S2. The van der Waals surface area contributed by atoms with Crippen molar-refractivity contribution in [3.05, 3.63) is 99.2 Å². The van der Waals surface area contributed by atoms with Crippen LogP contribution in [0, 0.1) is 10.1 Å². The summed E-state index contributed by atoms with van der Waals surface area (Å²) >= 11 is 2.94. The zero-order chi connectivity index (χ0) is 27.5. The molecule has 0 spiro atoms. The highest BCUT2D eigenvalue weighted by Crippen LogP contribution is 2.31. The van der Waals surface area contributed by atoms with Gasteiger partial charge in [0.15, 0.2) is 10.9 Å². The van der Waals surface area contributed by atoms with E-state index in [-0.39, 0.29) is 11.6 Å². The standard InChI is InChI=1S/C27H23N7O4S2/c35-26(32-14-12-31(13-15-32)19-8-10-21(11-9-19)34(36)37)22-17-39-24(28-22)18-40-27-30-29-25(23-7-4-16-38-23)33(27)20-5-2-1-3-6-20/h1-11,16-17H,12-15,18H2. The predicted molar refractivity (Wildman–Crippen MR) is 152 cm³/mol. The summed E-state index contributed by atoms with van der Waals surface area (Å²) in [5, 5.41) is 23.0. The van der Waals surface area contributed by atoms with Gasteiger partial charge in [-0.15, -0.1) is 21.5 Å². The molecule has 4 heterocycles. The monoisotopic (exact) mass is 573 g/mol. The van der Waals surface area contributed by atoms with Crippen molar-refractivity contribution in [2.75, 3.05) is 31.1 Å². The molecule has 202 valence electrons. The summed E-state index contributed by atoms with van der Waals surface area (Å²) < 4.78 is 7.53. The van der Waals surface area contributed by atoms with Crippen LogP contribution in [0.25, 0.3) is 17.3 Å². The van der Waals surface area contributed by atoms with Crippen molar-refractivity contribution in [1.29, 1.82) is 0 Å². The molecule has 0 N–H and O–H groups in total. The van der Waals surface area contributed by atoms with Gasteiger partial charge in [-0.1, -0.05) is 30.0 Å². The van der Waals surface area contributed by atoms with Gasteiger partial charge in [-0.05, 0) is 36.4 Å². The predicted octanol–water partition coefficient (Wildman–Crippen LogP) is 5.15. The number of hydrogen-bond donors (Lipinski definition) is 0. The van der Waals surface area contributed by atoms with E-state index in [0.29, 0.717) is 54.4 Å². The number of benzene rings is 2. The third-order valence-electron chi connectivity index (χ3n) is 6.48. The van der Waals surface area contributed by atoms with E-state index < -0.39 is 4.92 Å². The van der Waals surface area contributed by atoms with E-state index in [1.165, 1.54) is 35.2 Å². The lowest BCUT2D eigenvalue weighted by molar-refractivity contribution is -0.384. The van der Waals surface area contributed by atoms with Crippen molar-refractivity contribution in [2.45, 2.75) is 10.9 Å². The third-order valence-corrected chi connectivity index (χ3v) is 8.45. The summed E-state index contributed by atoms with van der Waals surface area (Å²) in [5.74, 6) is 1.68. The number of rotatable bonds is 8. The number of nitro groups is 1. The van der Waals surface area contributed by atoms with Crippen LogP contribution in [0.3, 0.4) is 0 Å². The lowest BCUT2D eigenvalue weighted by Crippen LogP contribution is -2.48. The largest absolute Gasteiger partial charge is 0.461 e. The first-order chi connectivity index (χ1) is 19.6. The molecule has 1 amide bonds. The van der Waals surface area contributed by atoms with Crippen LogP contribution < -0.4 is 4.90 Å². The maximum atomic E-state index is 13.2. The molecular weight excluding hydrogens is 550 g/mol. The first kappa shape index (κ1) is 25.8. The number of carbonyl (C=O) groups is 1. The Labute approximate surface area is 237 Å². The maximum Gasteiger partial charge on any atom is 0.273 e. The Morgan fingerprint density at radius 2 is 1.75 bits per heavy atom. The van der Waals surface area contributed by atoms with Crippen molar-refractivity contribution in [1.82, 2.24) is 24.6 Å². The van der Waals surface area contributed by atoms with E-state index in [1.807, 2.05) is 47.0 Å². The molecule has 1 saturated heterocycles. The number of piperazine rings is 1. The lowest BCUT2D eigenvalue weighted by atomic mass is 10.2. The van der Waals surface area contributed by atoms with E-state index in [9.17, 15) is 14.9 Å². The zero-order valence-corrected chi connectivity index (χ0v) is 22.8. The molecule has 13 heteroatoms. The number of amides is 1. The van der Waals surface area contributed by atoms with Crippen LogP contribution in [0.5, 0.6) is 0 Å². The van der Waals surface area contributed by atoms with Crippen LogP contribution in [0.1, 0.15) is 15.5 Å². The van der Waals surface area contributed by atoms with Gasteiger partial charge in [0.05, 0.1) is 16.9 Å². The molecule has 3 aromatic heterocycles. The fourth-order valence-electron chi connectivity index (χ4n) is 4.46. The number of para-hydroxylation sites is 1. The van der Waals surface area contributed by atoms with Gasteiger partial charge in [-0.3, -0.25) is 19.5 Å². The molecule has 1 aliphatic rings. The minimum absolute atomic E-state index is 0.0633. The van der Waals surface area contributed by atoms with Crippen LogP contribution in [0.15, 0.2) is 87.9 Å². The number of nitro benzene ring substituents is 1. The van der Waals surface area contributed by atoms with Crippen LogP contribution in [-0.4, -0.2) is 61.7 Å². The highest BCUT2D eigenvalue weighted by atomic mass is 32.2. The van der Waals surface area contributed by atoms with Crippen LogP contribution in [0.4, 0.5) is 11.4 Å². The number of thiazole rings is 1. The zero-order valence-electron chi connectivity index (χ0n) is 21.1. The Morgan fingerprint density at radius 1 is 0.975 bits per heavy atom. The lowest BCUT2D eigenvalue weighted by Gasteiger charge is -2.35. The van der Waals surface area contributed by atoms with E-state index in [4.69, 9.17) is 4.42 Å². The Kier molecular flexibility index (Phi) is 7.29. The van der Waals surface area contributed by atoms with Crippen molar-refractivity contribution in [3.8, 4) is 17.3 Å². The van der Waals surface area contributed by atoms with Gasteiger partial charge in [0.1, 0.15) is 10.7 Å². The summed E-state index contributed by atoms with van der Waals surface area (Å²) in [5.41, 5.74) is 2.33. The molecule has 40 heavy (non-hydrogen) atoms. The van der Waals surface area contributed by atoms with Crippen molar-refractivity contribution >= 4 is 40.4 Å².